The Labute approximate surface area is 154 Å². The maximum absolute atomic E-state index is 13.3. The minimum atomic E-state index is -0.723. The molecule has 0 fully saturated rings. The average molecular weight is 368 g/mol. The summed E-state index contributed by atoms with van der Waals surface area (Å²) >= 11 is 0. The van der Waals surface area contributed by atoms with Crippen molar-refractivity contribution in [2.24, 2.45) is 0 Å². The zero-order chi connectivity index (χ0) is 19.4. The third kappa shape index (κ3) is 4.20. The van der Waals surface area contributed by atoms with Crippen LogP contribution in [0.5, 0.6) is 0 Å². The fourth-order valence-corrected chi connectivity index (χ4v) is 2.52. The number of aromatic nitrogens is 1. The van der Waals surface area contributed by atoms with Crippen LogP contribution in [-0.2, 0) is 9.53 Å². The molecule has 6 nitrogen and oxygen atoms in total. The fraction of sp³-hybridized carbons (Fsp3) is 0.150. The summed E-state index contributed by atoms with van der Waals surface area (Å²) in [6.07, 6.45) is 0. The molecule has 0 saturated carbocycles. The Morgan fingerprint density at radius 3 is 2.63 bits per heavy atom. The molecule has 7 heteroatoms. The number of esters is 1. The zero-order valence-corrected chi connectivity index (χ0v) is 14.8. The third-order valence-corrected chi connectivity index (χ3v) is 3.92. The van der Waals surface area contributed by atoms with Gasteiger partial charge in [0.2, 0.25) is 0 Å². The van der Waals surface area contributed by atoms with E-state index in [9.17, 15) is 14.0 Å². The standard InChI is InChI=1S/C20H17FN2O4/c1-12-8-9-15(21)10-16(12)22-17(24)11-26-20(25)18-13(2)27-23-19(18)14-6-4-3-5-7-14/h3-10H,11H2,1-2H3,(H,22,24). The number of carbonyl (C=O) groups is 2. The van der Waals surface area contributed by atoms with Crippen LogP contribution in [0.25, 0.3) is 11.3 Å². The molecule has 1 amide bonds. The fourth-order valence-electron chi connectivity index (χ4n) is 2.52. The number of rotatable bonds is 5. The Kier molecular flexibility index (Phi) is 5.30. The highest BCUT2D eigenvalue weighted by Gasteiger charge is 2.23. The van der Waals surface area contributed by atoms with Gasteiger partial charge >= 0.3 is 5.97 Å². The number of carbonyl (C=O) groups excluding carboxylic acids is 2. The molecular weight excluding hydrogens is 351 g/mol. The largest absolute Gasteiger partial charge is 0.452 e. The molecule has 3 rings (SSSR count). The average Bonchev–Trinajstić information content (AvgIpc) is 3.05. The molecule has 0 aliphatic rings. The molecule has 0 unspecified atom stereocenters. The van der Waals surface area contributed by atoms with Crippen LogP contribution in [0.4, 0.5) is 10.1 Å². The topological polar surface area (TPSA) is 81.4 Å². The predicted octanol–water partition coefficient (Wildman–Crippen LogP) is 3.89. The number of nitrogens with one attached hydrogen (secondary N) is 1. The van der Waals surface area contributed by atoms with E-state index in [-0.39, 0.29) is 5.56 Å². The first-order chi connectivity index (χ1) is 13.0. The Morgan fingerprint density at radius 1 is 1.15 bits per heavy atom. The second kappa shape index (κ2) is 7.82. The lowest BCUT2D eigenvalue weighted by molar-refractivity contribution is -0.119. The van der Waals surface area contributed by atoms with Crippen LogP contribution in [0.3, 0.4) is 0 Å². The Morgan fingerprint density at radius 2 is 1.89 bits per heavy atom. The zero-order valence-electron chi connectivity index (χ0n) is 14.8. The van der Waals surface area contributed by atoms with Crippen LogP contribution in [0.15, 0.2) is 53.1 Å². The minimum Gasteiger partial charge on any atom is -0.452 e. The van der Waals surface area contributed by atoms with Crippen molar-refractivity contribution >= 4 is 17.6 Å². The number of aryl methyl sites for hydroxylation is 2. The highest BCUT2D eigenvalue weighted by atomic mass is 19.1. The molecule has 1 heterocycles. The van der Waals surface area contributed by atoms with E-state index in [0.29, 0.717) is 28.3 Å². The number of amides is 1. The van der Waals surface area contributed by atoms with Gasteiger partial charge in [-0.25, -0.2) is 9.18 Å². The highest BCUT2D eigenvalue weighted by molar-refractivity contribution is 5.99. The van der Waals surface area contributed by atoms with Crippen molar-refractivity contribution in [1.29, 1.82) is 0 Å². The van der Waals surface area contributed by atoms with Crippen LogP contribution >= 0.6 is 0 Å². The number of halogens is 1. The SMILES string of the molecule is Cc1ccc(F)cc1NC(=O)COC(=O)c1c(-c2ccccc2)noc1C. The monoisotopic (exact) mass is 368 g/mol. The molecule has 138 valence electrons. The van der Waals surface area contributed by atoms with Crippen molar-refractivity contribution in [3.05, 3.63) is 71.2 Å². The van der Waals surface area contributed by atoms with Crippen molar-refractivity contribution in [2.75, 3.05) is 11.9 Å². The number of benzene rings is 2. The smallest absolute Gasteiger partial charge is 0.344 e. The van der Waals surface area contributed by atoms with Gasteiger partial charge in [0.05, 0.1) is 0 Å². The summed E-state index contributed by atoms with van der Waals surface area (Å²) in [7, 11) is 0. The van der Waals surface area contributed by atoms with Gasteiger partial charge in [-0.3, -0.25) is 4.79 Å². The Hall–Kier alpha value is -3.48. The summed E-state index contributed by atoms with van der Waals surface area (Å²) in [6.45, 7) is 2.80. The number of ether oxygens (including phenoxy) is 1. The Bertz CT molecular complexity index is 983. The first kappa shape index (κ1) is 18.3. The summed E-state index contributed by atoms with van der Waals surface area (Å²) in [5.41, 5.74) is 2.22. The van der Waals surface area contributed by atoms with Crippen molar-refractivity contribution in [3.63, 3.8) is 0 Å². The summed E-state index contributed by atoms with van der Waals surface area (Å²) in [5, 5.41) is 6.42. The van der Waals surface area contributed by atoms with Crippen molar-refractivity contribution in [3.8, 4) is 11.3 Å². The lowest BCUT2D eigenvalue weighted by atomic mass is 10.1. The molecule has 1 N–H and O–H groups in total. The molecule has 3 aromatic rings. The van der Waals surface area contributed by atoms with E-state index in [0.717, 1.165) is 0 Å². The third-order valence-electron chi connectivity index (χ3n) is 3.92. The number of anilines is 1. The van der Waals surface area contributed by atoms with Gasteiger partial charge in [-0.05, 0) is 31.5 Å². The van der Waals surface area contributed by atoms with Gasteiger partial charge < -0.3 is 14.6 Å². The molecule has 1 aromatic heterocycles. The van der Waals surface area contributed by atoms with E-state index in [4.69, 9.17) is 9.26 Å². The van der Waals surface area contributed by atoms with E-state index < -0.39 is 24.3 Å². The summed E-state index contributed by atoms with van der Waals surface area (Å²) in [6, 6.07) is 13.1. The molecule has 0 spiro atoms. The van der Waals surface area contributed by atoms with Gasteiger partial charge in [0.25, 0.3) is 5.91 Å². The van der Waals surface area contributed by atoms with Gasteiger partial charge in [0.15, 0.2) is 6.61 Å². The molecule has 27 heavy (non-hydrogen) atoms. The van der Waals surface area contributed by atoms with Crippen LogP contribution in [0.1, 0.15) is 21.7 Å². The van der Waals surface area contributed by atoms with Gasteiger partial charge in [0, 0.05) is 11.3 Å². The molecule has 0 radical (unpaired) electrons. The number of hydrogen-bond acceptors (Lipinski definition) is 5. The van der Waals surface area contributed by atoms with Crippen molar-refractivity contribution < 1.29 is 23.2 Å². The van der Waals surface area contributed by atoms with Crippen molar-refractivity contribution in [1.82, 2.24) is 5.16 Å². The summed E-state index contributed by atoms with van der Waals surface area (Å²) in [5.74, 6) is -1.48. The summed E-state index contributed by atoms with van der Waals surface area (Å²) in [4.78, 5) is 24.5. The minimum absolute atomic E-state index is 0.163. The van der Waals surface area contributed by atoms with Crippen LogP contribution < -0.4 is 5.32 Å². The molecule has 0 saturated heterocycles. The maximum Gasteiger partial charge on any atom is 0.344 e. The lowest BCUT2D eigenvalue weighted by Crippen LogP contribution is -2.21. The van der Waals surface area contributed by atoms with E-state index >= 15 is 0 Å². The van der Waals surface area contributed by atoms with Gasteiger partial charge in [0.1, 0.15) is 22.8 Å². The quantitative estimate of drug-likeness (QED) is 0.691. The lowest BCUT2D eigenvalue weighted by Gasteiger charge is -2.09. The summed E-state index contributed by atoms with van der Waals surface area (Å²) < 4.78 is 23.5. The van der Waals surface area contributed by atoms with Crippen molar-refractivity contribution in [2.45, 2.75) is 13.8 Å². The van der Waals surface area contributed by atoms with Crippen LogP contribution in [0.2, 0.25) is 0 Å². The highest BCUT2D eigenvalue weighted by Crippen LogP contribution is 2.25. The van der Waals surface area contributed by atoms with Gasteiger partial charge in [-0.1, -0.05) is 41.6 Å². The first-order valence-corrected chi connectivity index (χ1v) is 8.20. The number of nitrogens with zero attached hydrogens (tertiary/aromatic N) is 1. The Balaban J connectivity index is 1.69. The second-order valence-electron chi connectivity index (χ2n) is 5.91. The molecule has 0 aliphatic carbocycles. The van der Waals surface area contributed by atoms with Crippen LogP contribution in [0, 0.1) is 19.7 Å². The predicted molar refractivity (Wildman–Crippen MR) is 96.7 cm³/mol. The van der Waals surface area contributed by atoms with E-state index in [2.05, 4.69) is 10.5 Å². The van der Waals surface area contributed by atoms with E-state index in [1.807, 2.05) is 18.2 Å². The van der Waals surface area contributed by atoms with E-state index in [1.165, 1.54) is 12.1 Å². The van der Waals surface area contributed by atoms with Gasteiger partial charge in [-0.2, -0.15) is 0 Å². The normalized spacial score (nSPS) is 10.5. The second-order valence-corrected chi connectivity index (χ2v) is 5.91. The molecule has 0 bridgehead atoms. The van der Waals surface area contributed by atoms with Gasteiger partial charge in [-0.15, -0.1) is 0 Å². The van der Waals surface area contributed by atoms with Crippen LogP contribution in [-0.4, -0.2) is 23.6 Å². The molecule has 2 aromatic carbocycles. The molecule has 0 aliphatic heterocycles. The molecule has 0 atom stereocenters. The maximum atomic E-state index is 13.3. The molecular formula is C20H17FN2O4. The van der Waals surface area contributed by atoms with E-state index in [1.54, 1.807) is 32.0 Å². The number of hydrogen-bond donors (Lipinski definition) is 1. The first-order valence-electron chi connectivity index (χ1n) is 8.20.